The monoisotopic (exact) mass is 471 g/mol. The summed E-state index contributed by atoms with van der Waals surface area (Å²) >= 11 is 0. The van der Waals surface area contributed by atoms with Crippen molar-refractivity contribution in [1.29, 1.82) is 0 Å². The van der Waals surface area contributed by atoms with Crippen molar-refractivity contribution in [1.82, 2.24) is 15.5 Å². The molecule has 0 aromatic heterocycles. The zero-order valence-corrected chi connectivity index (χ0v) is 18.8. The lowest BCUT2D eigenvalue weighted by molar-refractivity contribution is -0.145. The second-order valence-corrected chi connectivity index (χ2v) is 8.16. The largest absolute Gasteiger partial charge is 0.481 e. The molecule has 8 N–H and O–H groups in total. The number of nitrogens with two attached hydrogens (primary N) is 2. The molecule has 5 unspecified atom stereocenters. The predicted molar refractivity (Wildman–Crippen MR) is 114 cm³/mol. The van der Waals surface area contributed by atoms with Crippen molar-refractivity contribution in [3.8, 4) is 0 Å². The van der Waals surface area contributed by atoms with Gasteiger partial charge in [-0.15, -0.1) is 0 Å². The number of amides is 4. The van der Waals surface area contributed by atoms with Gasteiger partial charge in [0.05, 0.1) is 12.5 Å². The van der Waals surface area contributed by atoms with Crippen LogP contribution in [-0.2, 0) is 28.8 Å². The third kappa shape index (κ3) is 8.33. The SMILES string of the molecule is CCC(C)C(N)C(=O)N1CCCC1C(=O)NC(CC(=O)O)C(=O)NC(CCC(N)=O)C(=O)O. The lowest BCUT2D eigenvalue weighted by Crippen LogP contribution is -2.57. The quantitative estimate of drug-likeness (QED) is 0.177. The highest BCUT2D eigenvalue weighted by atomic mass is 16.4. The minimum absolute atomic E-state index is 0.110. The first-order chi connectivity index (χ1) is 15.4. The van der Waals surface area contributed by atoms with E-state index in [0.717, 1.165) is 0 Å². The van der Waals surface area contributed by atoms with Crippen molar-refractivity contribution in [2.75, 3.05) is 6.54 Å². The molecule has 1 aliphatic rings. The Bertz CT molecular complexity index is 774. The number of nitrogens with one attached hydrogen (secondary N) is 2. The second-order valence-electron chi connectivity index (χ2n) is 8.16. The number of nitrogens with zero attached hydrogens (tertiary/aromatic N) is 1. The van der Waals surface area contributed by atoms with Gasteiger partial charge in [-0.2, -0.15) is 0 Å². The topological polar surface area (TPSA) is 222 Å². The Morgan fingerprint density at radius 3 is 2.24 bits per heavy atom. The summed E-state index contributed by atoms with van der Waals surface area (Å²) in [5.41, 5.74) is 11.0. The smallest absolute Gasteiger partial charge is 0.326 e. The van der Waals surface area contributed by atoms with E-state index in [2.05, 4.69) is 10.6 Å². The van der Waals surface area contributed by atoms with Crippen LogP contribution in [0.4, 0.5) is 0 Å². The lowest BCUT2D eigenvalue weighted by atomic mass is 9.98. The molecule has 0 saturated carbocycles. The van der Waals surface area contributed by atoms with Crippen LogP contribution in [0.25, 0.3) is 0 Å². The predicted octanol–water partition coefficient (Wildman–Crippen LogP) is -1.85. The first-order valence-electron chi connectivity index (χ1n) is 10.8. The highest BCUT2D eigenvalue weighted by Crippen LogP contribution is 2.21. The van der Waals surface area contributed by atoms with Crippen molar-refractivity contribution in [2.24, 2.45) is 17.4 Å². The maximum atomic E-state index is 12.9. The molecule has 33 heavy (non-hydrogen) atoms. The van der Waals surface area contributed by atoms with Crippen molar-refractivity contribution in [3.63, 3.8) is 0 Å². The Kier molecular flexibility index (Phi) is 10.7. The molecular formula is C20H33N5O8. The molecule has 5 atom stereocenters. The number of carbonyl (C=O) groups excluding carboxylic acids is 4. The first kappa shape index (κ1) is 27.8. The van der Waals surface area contributed by atoms with Gasteiger partial charge in [-0.1, -0.05) is 20.3 Å². The Labute approximate surface area is 191 Å². The fourth-order valence-corrected chi connectivity index (χ4v) is 3.46. The van der Waals surface area contributed by atoms with E-state index < -0.39 is 66.2 Å². The Morgan fingerprint density at radius 2 is 1.73 bits per heavy atom. The molecule has 1 heterocycles. The summed E-state index contributed by atoms with van der Waals surface area (Å²) in [5, 5.41) is 22.8. The van der Waals surface area contributed by atoms with E-state index in [1.54, 1.807) is 0 Å². The lowest BCUT2D eigenvalue weighted by Gasteiger charge is -2.30. The Morgan fingerprint density at radius 1 is 1.09 bits per heavy atom. The number of likely N-dealkylation sites (tertiary alicyclic amines) is 1. The fraction of sp³-hybridized carbons (Fsp3) is 0.700. The first-order valence-corrected chi connectivity index (χ1v) is 10.8. The molecule has 0 radical (unpaired) electrons. The van der Waals surface area contributed by atoms with Crippen molar-refractivity contribution in [2.45, 2.75) is 76.5 Å². The average Bonchev–Trinajstić information content (AvgIpc) is 3.23. The van der Waals surface area contributed by atoms with Gasteiger partial charge in [-0.25, -0.2) is 4.79 Å². The summed E-state index contributed by atoms with van der Waals surface area (Å²) in [5.74, 6) is -5.92. The summed E-state index contributed by atoms with van der Waals surface area (Å²) in [6.45, 7) is 4.00. The van der Waals surface area contributed by atoms with Gasteiger partial charge in [0.25, 0.3) is 0 Å². The number of rotatable bonds is 13. The van der Waals surface area contributed by atoms with Crippen molar-refractivity contribution >= 4 is 35.6 Å². The zero-order chi connectivity index (χ0) is 25.3. The molecule has 0 bridgehead atoms. The van der Waals surface area contributed by atoms with Crippen LogP contribution in [0.15, 0.2) is 0 Å². The van der Waals surface area contributed by atoms with Gasteiger partial charge in [0.15, 0.2) is 0 Å². The highest BCUT2D eigenvalue weighted by Gasteiger charge is 2.39. The van der Waals surface area contributed by atoms with E-state index >= 15 is 0 Å². The van der Waals surface area contributed by atoms with Crippen molar-refractivity contribution in [3.05, 3.63) is 0 Å². The van der Waals surface area contributed by atoms with Crippen LogP contribution >= 0.6 is 0 Å². The van der Waals surface area contributed by atoms with E-state index in [1.807, 2.05) is 13.8 Å². The maximum Gasteiger partial charge on any atom is 0.326 e. The third-order valence-electron chi connectivity index (χ3n) is 5.69. The van der Waals surface area contributed by atoms with Crippen LogP contribution in [0.3, 0.4) is 0 Å². The summed E-state index contributed by atoms with van der Waals surface area (Å²) in [6, 6.07) is -4.83. The molecule has 1 aliphatic heterocycles. The molecular weight excluding hydrogens is 438 g/mol. The Balaban J connectivity index is 2.94. The number of aliphatic carboxylic acids is 2. The van der Waals surface area contributed by atoms with Crippen molar-refractivity contribution < 1.29 is 39.0 Å². The van der Waals surface area contributed by atoms with E-state index in [9.17, 15) is 33.9 Å². The average molecular weight is 472 g/mol. The van der Waals surface area contributed by atoms with Crippen LogP contribution in [0.5, 0.6) is 0 Å². The summed E-state index contributed by atoms with van der Waals surface area (Å²) in [6.07, 6.45) is 0.0701. The molecule has 0 aromatic rings. The van der Waals surface area contributed by atoms with E-state index in [1.165, 1.54) is 4.90 Å². The molecule has 1 fully saturated rings. The van der Waals surface area contributed by atoms with Gasteiger partial charge >= 0.3 is 11.9 Å². The minimum atomic E-state index is -1.59. The normalized spacial score (nSPS) is 19.1. The molecule has 13 nitrogen and oxygen atoms in total. The molecule has 1 rings (SSSR count). The van der Waals surface area contributed by atoms with Crippen LogP contribution in [-0.4, -0.2) is 81.4 Å². The molecule has 0 aromatic carbocycles. The number of carboxylic acid groups (broad SMARTS) is 2. The van der Waals surface area contributed by atoms with Gasteiger partial charge in [-0.05, 0) is 25.2 Å². The number of carbonyl (C=O) groups is 6. The van der Waals surface area contributed by atoms with Crippen LogP contribution in [0.1, 0.15) is 52.4 Å². The number of hydrogen-bond donors (Lipinski definition) is 6. The van der Waals surface area contributed by atoms with Gasteiger partial charge in [-0.3, -0.25) is 24.0 Å². The summed E-state index contributed by atoms with van der Waals surface area (Å²) in [4.78, 5) is 73.0. The molecule has 0 aliphatic carbocycles. The molecule has 13 heteroatoms. The van der Waals surface area contributed by atoms with Crippen LogP contribution in [0.2, 0.25) is 0 Å². The molecule has 186 valence electrons. The number of hydrogen-bond acceptors (Lipinski definition) is 7. The third-order valence-corrected chi connectivity index (χ3v) is 5.69. The van der Waals surface area contributed by atoms with E-state index in [-0.39, 0.29) is 18.8 Å². The maximum absolute atomic E-state index is 12.9. The van der Waals surface area contributed by atoms with E-state index in [0.29, 0.717) is 25.8 Å². The van der Waals surface area contributed by atoms with Gasteiger partial charge in [0.2, 0.25) is 23.6 Å². The standard InChI is InChI=1S/C20H33N5O8/c1-3-10(2)16(22)19(31)25-8-4-5-13(25)18(30)24-12(9-15(27)28)17(29)23-11(20(32)33)6-7-14(21)26/h10-13,16H,3-9,22H2,1-2H3,(H2,21,26)(H,23,29)(H,24,30)(H,27,28)(H,32,33). The zero-order valence-electron chi connectivity index (χ0n) is 18.8. The van der Waals surface area contributed by atoms with Crippen LogP contribution < -0.4 is 22.1 Å². The number of primary amides is 1. The number of carboxylic acids is 2. The van der Waals surface area contributed by atoms with Crippen LogP contribution in [0, 0.1) is 5.92 Å². The van der Waals surface area contributed by atoms with Gasteiger partial charge < -0.3 is 37.2 Å². The fourth-order valence-electron chi connectivity index (χ4n) is 3.46. The molecule has 1 saturated heterocycles. The minimum Gasteiger partial charge on any atom is -0.481 e. The highest BCUT2D eigenvalue weighted by molar-refractivity contribution is 5.96. The Hall–Kier alpha value is -3.22. The van der Waals surface area contributed by atoms with Gasteiger partial charge in [0.1, 0.15) is 18.1 Å². The van der Waals surface area contributed by atoms with E-state index in [4.69, 9.17) is 16.6 Å². The molecule has 0 spiro atoms. The second kappa shape index (κ2) is 12.7. The molecule has 4 amide bonds. The summed E-state index contributed by atoms with van der Waals surface area (Å²) in [7, 11) is 0. The van der Waals surface area contributed by atoms with Gasteiger partial charge in [0, 0.05) is 13.0 Å². The summed E-state index contributed by atoms with van der Waals surface area (Å²) < 4.78 is 0.